The van der Waals surface area contributed by atoms with Gasteiger partial charge in [0.25, 0.3) is 0 Å². The van der Waals surface area contributed by atoms with Gasteiger partial charge < -0.3 is 0 Å². The van der Waals surface area contributed by atoms with Gasteiger partial charge in [-0.05, 0) is 0 Å². The van der Waals surface area contributed by atoms with E-state index in [9.17, 15) is 0 Å². The molecule has 0 saturated carbocycles. The predicted octanol–water partition coefficient (Wildman–Crippen LogP) is 5.55. The van der Waals surface area contributed by atoms with E-state index in [1.165, 1.54) is 26.4 Å². The van der Waals surface area contributed by atoms with Crippen molar-refractivity contribution >= 4 is 15.9 Å². The average Bonchev–Trinajstić information content (AvgIpc) is 3.21. The van der Waals surface area contributed by atoms with E-state index in [0.29, 0.717) is 17.8 Å². The molecule has 2 unspecified atom stereocenters. The van der Waals surface area contributed by atoms with Crippen LogP contribution in [0.3, 0.4) is 0 Å². The number of fused-ring (bicyclic) bond motifs is 2. The van der Waals surface area contributed by atoms with Gasteiger partial charge in [0.2, 0.25) is 0 Å². The summed E-state index contributed by atoms with van der Waals surface area (Å²) in [6.45, 7) is 2.25. The minimum atomic E-state index is -0.371. The van der Waals surface area contributed by atoms with Crippen molar-refractivity contribution in [1.29, 1.82) is 0 Å². The van der Waals surface area contributed by atoms with E-state index in [1.807, 2.05) is 0 Å². The van der Waals surface area contributed by atoms with Crippen molar-refractivity contribution in [2.75, 3.05) is 0 Å². The van der Waals surface area contributed by atoms with Crippen molar-refractivity contribution in [2.24, 2.45) is 5.92 Å². The van der Waals surface area contributed by atoms with Gasteiger partial charge in [-0.25, -0.2) is 0 Å². The van der Waals surface area contributed by atoms with Gasteiger partial charge in [-0.15, -0.1) is 0 Å². The van der Waals surface area contributed by atoms with Gasteiger partial charge in [-0.3, -0.25) is 0 Å². The van der Waals surface area contributed by atoms with Crippen LogP contribution in [0.1, 0.15) is 41.0 Å². The molecule has 2 aliphatic rings. The van der Waals surface area contributed by atoms with E-state index in [4.69, 9.17) is 0 Å². The molecule has 0 amide bonds. The van der Waals surface area contributed by atoms with E-state index in [0.717, 1.165) is 0 Å². The molecule has 0 radical (unpaired) electrons. The third-order valence-electron chi connectivity index (χ3n) is 5.16. The van der Waals surface area contributed by atoms with Gasteiger partial charge in [-0.1, -0.05) is 0 Å². The molecule has 23 heavy (non-hydrogen) atoms. The number of allylic oxidation sites excluding steroid dienone is 2. The normalized spacial score (nSPS) is 22.1. The van der Waals surface area contributed by atoms with Crippen LogP contribution in [0, 0.1) is 5.92 Å². The molecule has 2 aromatic carbocycles. The summed E-state index contributed by atoms with van der Waals surface area (Å²) in [7, 11) is 0. The van der Waals surface area contributed by atoms with E-state index in [-0.39, 0.29) is 22.8 Å². The Morgan fingerprint density at radius 3 is 1.91 bits per heavy atom. The second kappa shape index (κ2) is 6.66. The Morgan fingerprint density at radius 2 is 1.39 bits per heavy atom. The number of benzene rings is 2. The summed E-state index contributed by atoms with van der Waals surface area (Å²) < 4.78 is 3.89. The Balaban J connectivity index is 1.73. The molecule has 4 rings (SSSR count). The number of hydrogen-bond donors (Lipinski definition) is 0. The summed E-state index contributed by atoms with van der Waals surface area (Å²) in [4.78, 5) is 0. The summed E-state index contributed by atoms with van der Waals surface area (Å²) in [6.07, 6.45) is 9.58. The third-order valence-corrected chi connectivity index (χ3v) is 7.90. The van der Waals surface area contributed by atoms with Crippen LogP contribution in [-0.4, -0.2) is 3.71 Å². The molecule has 0 aromatic heterocycles. The van der Waals surface area contributed by atoms with E-state index >= 15 is 0 Å². The molecule has 0 spiro atoms. The van der Waals surface area contributed by atoms with Gasteiger partial charge in [0.05, 0.1) is 0 Å². The van der Waals surface area contributed by atoms with Gasteiger partial charge in [0.15, 0.2) is 0 Å². The molecular formula is C22H21Zr. The van der Waals surface area contributed by atoms with Crippen LogP contribution in [0.4, 0.5) is 0 Å². The minimum absolute atomic E-state index is 0.371. The van der Waals surface area contributed by atoms with Crippen molar-refractivity contribution in [3.8, 4) is 0 Å². The SMILES string of the molecule is C[CH]=[Zr][CH2]C(C1C=Cc2ccccc21)C1C=Cc2ccccc21. The maximum atomic E-state index is 2.48. The Hall–Kier alpha value is -1.33. The van der Waals surface area contributed by atoms with E-state index < -0.39 is 0 Å². The van der Waals surface area contributed by atoms with Crippen molar-refractivity contribution in [3.63, 3.8) is 0 Å². The van der Waals surface area contributed by atoms with Gasteiger partial charge in [-0.2, -0.15) is 0 Å². The van der Waals surface area contributed by atoms with E-state index in [1.54, 1.807) is 0 Å². The Morgan fingerprint density at radius 1 is 0.870 bits per heavy atom. The Kier molecular flexibility index (Phi) is 4.40. The quantitative estimate of drug-likeness (QED) is 0.656. The topological polar surface area (TPSA) is 0 Å². The molecule has 1 heteroatoms. The van der Waals surface area contributed by atoms with Crippen LogP contribution in [0.25, 0.3) is 12.2 Å². The molecule has 0 nitrogen and oxygen atoms in total. The first-order valence-electron chi connectivity index (χ1n) is 8.44. The number of rotatable bonds is 4. The van der Waals surface area contributed by atoms with Crippen LogP contribution in [0.15, 0.2) is 60.7 Å². The predicted molar refractivity (Wildman–Crippen MR) is 96.5 cm³/mol. The van der Waals surface area contributed by atoms with Gasteiger partial charge >= 0.3 is 150 Å². The zero-order chi connectivity index (χ0) is 15.6. The second-order valence-electron chi connectivity index (χ2n) is 6.39. The standard InChI is InChI=1S/C20H17.C2H4.Zr/c1-14(17-12-10-15-6-2-4-8-19(15)17)18-13-11-16-7-3-5-9-20(16)18;1-2;/h2-14,17-18H,1H2;1H,2H3;. The zero-order valence-corrected chi connectivity index (χ0v) is 15.9. The summed E-state index contributed by atoms with van der Waals surface area (Å²) in [5, 5.41) is 0. The fourth-order valence-electron chi connectivity index (χ4n) is 4.03. The summed E-state index contributed by atoms with van der Waals surface area (Å²) in [5.74, 6) is 1.86. The van der Waals surface area contributed by atoms with Crippen LogP contribution in [0.2, 0.25) is 4.13 Å². The monoisotopic (exact) mass is 375 g/mol. The van der Waals surface area contributed by atoms with Crippen LogP contribution in [0.5, 0.6) is 0 Å². The first-order chi connectivity index (χ1) is 11.4. The molecule has 0 saturated heterocycles. The van der Waals surface area contributed by atoms with Crippen molar-refractivity contribution in [3.05, 3.63) is 82.9 Å². The van der Waals surface area contributed by atoms with Gasteiger partial charge in [0.1, 0.15) is 0 Å². The molecule has 2 atom stereocenters. The fraction of sp³-hybridized carbons (Fsp3) is 0.227. The fourth-order valence-corrected chi connectivity index (χ4v) is 6.53. The van der Waals surface area contributed by atoms with Gasteiger partial charge in [0, 0.05) is 0 Å². The second-order valence-corrected chi connectivity index (χ2v) is 9.81. The summed E-state index contributed by atoms with van der Waals surface area (Å²) in [5.41, 5.74) is 5.91. The molecule has 0 heterocycles. The molecule has 0 fully saturated rings. The summed E-state index contributed by atoms with van der Waals surface area (Å²) in [6, 6.07) is 17.9. The van der Waals surface area contributed by atoms with Crippen LogP contribution in [-0.2, 0) is 22.8 Å². The van der Waals surface area contributed by atoms with Crippen LogP contribution >= 0.6 is 0 Å². The van der Waals surface area contributed by atoms with Crippen molar-refractivity contribution in [2.45, 2.75) is 22.9 Å². The molecule has 2 aromatic rings. The molecule has 0 bridgehead atoms. The molecule has 0 N–H and O–H groups in total. The molecule has 2 aliphatic carbocycles. The molecule has 0 aliphatic heterocycles. The Labute approximate surface area is 150 Å². The zero-order valence-electron chi connectivity index (χ0n) is 13.4. The molecule has 113 valence electrons. The third kappa shape index (κ3) is 2.81. The number of hydrogen-bond acceptors (Lipinski definition) is 0. The van der Waals surface area contributed by atoms with Crippen molar-refractivity contribution in [1.82, 2.24) is 0 Å². The molecular weight excluding hydrogens is 355 g/mol. The van der Waals surface area contributed by atoms with Crippen LogP contribution < -0.4 is 0 Å². The van der Waals surface area contributed by atoms with E-state index in [2.05, 4.69) is 83.5 Å². The first-order valence-corrected chi connectivity index (χ1v) is 11.6. The average molecular weight is 377 g/mol. The first kappa shape index (κ1) is 15.2. The Bertz CT molecular complexity index is 736. The summed E-state index contributed by atoms with van der Waals surface area (Å²) >= 11 is -0.371. The maximum absolute atomic E-state index is 2.48. The van der Waals surface area contributed by atoms with Crippen molar-refractivity contribution < 1.29 is 22.8 Å².